The fourth-order valence-corrected chi connectivity index (χ4v) is 3.56. The van der Waals surface area contributed by atoms with E-state index in [1.165, 1.54) is 17.7 Å². The van der Waals surface area contributed by atoms with Crippen molar-refractivity contribution in [1.82, 2.24) is 10.2 Å². The summed E-state index contributed by atoms with van der Waals surface area (Å²) in [5, 5.41) is 14.1. The number of nitrogens with one attached hydrogen (secondary N) is 1. The number of aliphatic hydroxyl groups is 1. The summed E-state index contributed by atoms with van der Waals surface area (Å²) in [6, 6.07) is 7.31. The third-order valence-corrected chi connectivity index (χ3v) is 5.36. The third-order valence-electron chi connectivity index (χ3n) is 5.36. The van der Waals surface area contributed by atoms with Crippen LogP contribution in [0, 0.1) is 5.82 Å². The van der Waals surface area contributed by atoms with Crippen molar-refractivity contribution in [1.29, 1.82) is 0 Å². The van der Waals surface area contributed by atoms with Crippen LogP contribution in [0.15, 0.2) is 24.3 Å². The Morgan fingerprint density at radius 2 is 1.83 bits per heavy atom. The number of piperidine rings is 1. The molecule has 0 spiro atoms. The van der Waals surface area contributed by atoms with Gasteiger partial charge in [-0.15, -0.1) is 0 Å². The third kappa shape index (κ3) is 5.24. The minimum Gasteiger partial charge on any atom is -0.388 e. The maximum Gasteiger partial charge on any atom is 0.123 e. The van der Waals surface area contributed by atoms with Crippen molar-refractivity contribution in [3.05, 3.63) is 35.6 Å². The summed E-state index contributed by atoms with van der Waals surface area (Å²) in [4.78, 5) is 2.48. The molecule has 1 aromatic rings. The molecule has 2 saturated heterocycles. The number of rotatable bonds is 6. The monoisotopic (exact) mass is 336 g/mol. The summed E-state index contributed by atoms with van der Waals surface area (Å²) in [5.41, 5.74) is 0.608. The summed E-state index contributed by atoms with van der Waals surface area (Å²) in [7, 11) is 0. The van der Waals surface area contributed by atoms with Crippen LogP contribution in [0.3, 0.4) is 0 Å². The van der Waals surface area contributed by atoms with E-state index in [-0.39, 0.29) is 5.82 Å². The van der Waals surface area contributed by atoms with Gasteiger partial charge < -0.3 is 20.1 Å². The van der Waals surface area contributed by atoms with Gasteiger partial charge >= 0.3 is 0 Å². The van der Waals surface area contributed by atoms with Gasteiger partial charge in [-0.25, -0.2) is 4.39 Å². The van der Waals surface area contributed by atoms with Crippen molar-refractivity contribution in [2.45, 2.75) is 43.7 Å². The van der Waals surface area contributed by atoms with Gasteiger partial charge in [0, 0.05) is 45.2 Å². The van der Waals surface area contributed by atoms with Crippen molar-refractivity contribution < 1.29 is 14.2 Å². The molecular weight excluding hydrogens is 307 g/mol. The zero-order valence-electron chi connectivity index (χ0n) is 14.3. The van der Waals surface area contributed by atoms with Gasteiger partial charge in [0.1, 0.15) is 5.82 Å². The van der Waals surface area contributed by atoms with Gasteiger partial charge in [0.2, 0.25) is 0 Å². The highest BCUT2D eigenvalue weighted by molar-refractivity contribution is 5.16. The van der Waals surface area contributed by atoms with E-state index in [2.05, 4.69) is 10.2 Å². The van der Waals surface area contributed by atoms with Crippen LogP contribution in [0.1, 0.15) is 31.2 Å². The normalized spacial score (nSPS) is 22.6. The Labute approximate surface area is 144 Å². The van der Waals surface area contributed by atoms with Gasteiger partial charge in [0.25, 0.3) is 0 Å². The van der Waals surface area contributed by atoms with Crippen LogP contribution < -0.4 is 5.32 Å². The predicted molar refractivity (Wildman–Crippen MR) is 92.6 cm³/mol. The van der Waals surface area contributed by atoms with Crippen LogP contribution in [-0.4, -0.2) is 61.0 Å². The molecule has 2 aliphatic rings. The highest BCUT2D eigenvalue weighted by atomic mass is 19.1. The van der Waals surface area contributed by atoms with Crippen LogP contribution in [0.2, 0.25) is 0 Å². The Morgan fingerprint density at radius 1 is 1.17 bits per heavy atom. The number of nitrogens with zero attached hydrogens (tertiary/aromatic N) is 1. The Morgan fingerprint density at radius 3 is 2.50 bits per heavy atom. The molecule has 0 amide bonds. The van der Waals surface area contributed by atoms with E-state index in [0.29, 0.717) is 25.8 Å². The minimum atomic E-state index is -0.585. The Balaban J connectivity index is 1.34. The maximum absolute atomic E-state index is 12.9. The van der Waals surface area contributed by atoms with Gasteiger partial charge in [-0.1, -0.05) is 12.1 Å². The second-order valence-electron chi connectivity index (χ2n) is 7.21. The zero-order chi connectivity index (χ0) is 16.8. The fourth-order valence-electron chi connectivity index (χ4n) is 3.56. The molecule has 134 valence electrons. The molecule has 2 aliphatic heterocycles. The lowest BCUT2D eigenvalue weighted by Crippen LogP contribution is -2.50. The minimum absolute atomic E-state index is 0.170. The van der Waals surface area contributed by atoms with Gasteiger partial charge in [-0.05, 0) is 50.0 Å². The average molecular weight is 336 g/mol. The molecule has 0 radical (unpaired) electrons. The molecule has 0 unspecified atom stereocenters. The van der Waals surface area contributed by atoms with E-state index in [4.69, 9.17) is 4.74 Å². The maximum atomic E-state index is 12.9. The average Bonchev–Trinajstić information content (AvgIpc) is 2.61. The molecule has 2 heterocycles. The number of benzene rings is 1. The van der Waals surface area contributed by atoms with Crippen LogP contribution in [0.25, 0.3) is 0 Å². The molecule has 4 nitrogen and oxygen atoms in total. The molecule has 0 aromatic heterocycles. The number of likely N-dealkylation sites (tertiary alicyclic amines) is 1. The first-order valence-corrected chi connectivity index (χ1v) is 9.13. The molecule has 2 N–H and O–H groups in total. The molecule has 5 heteroatoms. The van der Waals surface area contributed by atoms with E-state index in [1.54, 1.807) is 0 Å². The second-order valence-corrected chi connectivity index (χ2v) is 7.21. The van der Waals surface area contributed by atoms with Gasteiger partial charge in [-0.2, -0.15) is 0 Å². The standard InChI is InChI=1S/C19H29FN2O2/c20-17-3-1-16(2-4-17)5-10-22-11-6-18(7-12-22)21-15-19(23)8-13-24-14-9-19/h1-4,18,21,23H,5-15H2. The largest absolute Gasteiger partial charge is 0.388 e. The lowest BCUT2D eigenvalue weighted by Gasteiger charge is -2.36. The molecule has 2 fully saturated rings. The topological polar surface area (TPSA) is 44.7 Å². The van der Waals surface area contributed by atoms with Crippen molar-refractivity contribution >= 4 is 0 Å². The fraction of sp³-hybridized carbons (Fsp3) is 0.684. The second kappa shape index (κ2) is 8.39. The molecule has 3 rings (SSSR count). The SMILES string of the molecule is OC1(CNC2CCN(CCc3ccc(F)cc3)CC2)CCOCC1. The summed E-state index contributed by atoms with van der Waals surface area (Å²) in [6.45, 7) is 5.21. The number of hydrogen-bond donors (Lipinski definition) is 2. The first-order chi connectivity index (χ1) is 11.6. The molecule has 0 saturated carbocycles. The zero-order valence-corrected chi connectivity index (χ0v) is 14.3. The molecular formula is C19H29FN2O2. The predicted octanol–water partition coefficient (Wildman–Crippen LogP) is 1.96. The van der Waals surface area contributed by atoms with Gasteiger partial charge in [0.15, 0.2) is 0 Å². The molecule has 0 atom stereocenters. The van der Waals surface area contributed by atoms with E-state index < -0.39 is 5.60 Å². The number of ether oxygens (including phenoxy) is 1. The van der Waals surface area contributed by atoms with Crippen LogP contribution in [0.5, 0.6) is 0 Å². The van der Waals surface area contributed by atoms with E-state index >= 15 is 0 Å². The molecule has 0 aliphatic carbocycles. The summed E-state index contributed by atoms with van der Waals surface area (Å²) in [5.74, 6) is -0.170. The Hall–Kier alpha value is -1.01. The molecule has 1 aromatic carbocycles. The lowest BCUT2D eigenvalue weighted by atomic mass is 9.93. The van der Waals surface area contributed by atoms with Crippen molar-refractivity contribution in [3.8, 4) is 0 Å². The van der Waals surface area contributed by atoms with Crippen LogP contribution in [0.4, 0.5) is 4.39 Å². The van der Waals surface area contributed by atoms with Gasteiger partial charge in [0.05, 0.1) is 5.60 Å². The first-order valence-electron chi connectivity index (χ1n) is 9.13. The first kappa shape index (κ1) is 17.8. The van der Waals surface area contributed by atoms with Crippen molar-refractivity contribution in [2.24, 2.45) is 0 Å². The molecule has 24 heavy (non-hydrogen) atoms. The quantitative estimate of drug-likeness (QED) is 0.834. The van der Waals surface area contributed by atoms with E-state index in [1.807, 2.05) is 12.1 Å². The Kier molecular flexibility index (Phi) is 6.22. The summed E-state index contributed by atoms with van der Waals surface area (Å²) >= 11 is 0. The van der Waals surface area contributed by atoms with Crippen LogP contribution in [-0.2, 0) is 11.2 Å². The van der Waals surface area contributed by atoms with E-state index in [9.17, 15) is 9.50 Å². The van der Waals surface area contributed by atoms with Crippen molar-refractivity contribution in [2.75, 3.05) is 39.4 Å². The Bertz CT molecular complexity index is 495. The highest BCUT2D eigenvalue weighted by Gasteiger charge is 2.30. The number of hydrogen-bond acceptors (Lipinski definition) is 4. The number of halogens is 1. The van der Waals surface area contributed by atoms with E-state index in [0.717, 1.165) is 51.7 Å². The van der Waals surface area contributed by atoms with Gasteiger partial charge in [-0.3, -0.25) is 0 Å². The smallest absolute Gasteiger partial charge is 0.123 e. The lowest BCUT2D eigenvalue weighted by molar-refractivity contribution is -0.0634. The van der Waals surface area contributed by atoms with Crippen molar-refractivity contribution in [3.63, 3.8) is 0 Å². The highest BCUT2D eigenvalue weighted by Crippen LogP contribution is 2.20. The van der Waals surface area contributed by atoms with Crippen LogP contribution >= 0.6 is 0 Å². The molecule has 0 bridgehead atoms. The summed E-state index contributed by atoms with van der Waals surface area (Å²) in [6.07, 6.45) is 4.68. The summed E-state index contributed by atoms with van der Waals surface area (Å²) < 4.78 is 18.2.